The summed E-state index contributed by atoms with van der Waals surface area (Å²) in [7, 11) is 0. The van der Waals surface area contributed by atoms with Gasteiger partial charge in [0.15, 0.2) is 4.34 Å². The van der Waals surface area contributed by atoms with Gasteiger partial charge in [-0.15, -0.1) is 10.2 Å². The number of benzene rings is 3. The Morgan fingerprint density at radius 1 is 0.941 bits per heavy atom. The van der Waals surface area contributed by atoms with Gasteiger partial charge in [-0.1, -0.05) is 65.6 Å². The van der Waals surface area contributed by atoms with E-state index in [4.69, 9.17) is 14.7 Å². The summed E-state index contributed by atoms with van der Waals surface area (Å²) in [5, 5.41) is 20.3. The molecule has 1 heterocycles. The van der Waals surface area contributed by atoms with Gasteiger partial charge in [0.1, 0.15) is 24.7 Å². The Balaban J connectivity index is 1.29. The van der Waals surface area contributed by atoms with Gasteiger partial charge in [0.25, 0.3) is 5.91 Å². The van der Waals surface area contributed by atoms with Crippen LogP contribution in [-0.4, -0.2) is 29.3 Å². The summed E-state index contributed by atoms with van der Waals surface area (Å²) in [6.45, 7) is 0.657. The molecule has 0 spiro atoms. The third kappa shape index (κ3) is 6.57. The van der Waals surface area contributed by atoms with Gasteiger partial charge in [0, 0.05) is 5.75 Å². The van der Waals surface area contributed by atoms with Crippen LogP contribution in [-0.2, 0) is 5.75 Å². The number of anilines is 1. The highest BCUT2D eigenvalue weighted by Crippen LogP contribution is 2.29. The minimum Gasteiger partial charge on any atom is -0.490 e. The average Bonchev–Trinajstić information content (AvgIpc) is 3.33. The van der Waals surface area contributed by atoms with Gasteiger partial charge in [-0.2, -0.15) is 5.26 Å². The van der Waals surface area contributed by atoms with Crippen molar-refractivity contribution in [3.63, 3.8) is 0 Å². The van der Waals surface area contributed by atoms with E-state index < -0.39 is 0 Å². The van der Waals surface area contributed by atoms with Gasteiger partial charge in [-0.3, -0.25) is 10.1 Å². The SMILES string of the molecule is N#Cc1ccc(CSc2nnc(NC(=O)c3ccccc3OCCOc3ccccc3)s2)cc1. The molecule has 0 bridgehead atoms. The van der Waals surface area contributed by atoms with Crippen molar-refractivity contribution < 1.29 is 14.3 Å². The third-order valence-corrected chi connectivity index (χ3v) is 6.60. The van der Waals surface area contributed by atoms with Crippen LogP contribution in [0.3, 0.4) is 0 Å². The number of rotatable bonds is 10. The lowest BCUT2D eigenvalue weighted by Gasteiger charge is -2.11. The smallest absolute Gasteiger partial charge is 0.261 e. The van der Waals surface area contributed by atoms with Crippen LogP contribution in [0.15, 0.2) is 83.2 Å². The number of hydrogen-bond donors (Lipinski definition) is 1. The van der Waals surface area contributed by atoms with Gasteiger partial charge in [0.2, 0.25) is 5.13 Å². The molecular formula is C25H20N4O3S2. The lowest BCUT2D eigenvalue weighted by Crippen LogP contribution is -2.15. The Morgan fingerprint density at radius 3 is 2.47 bits per heavy atom. The molecule has 4 rings (SSSR count). The molecule has 0 aliphatic rings. The fourth-order valence-electron chi connectivity index (χ4n) is 2.91. The van der Waals surface area contributed by atoms with E-state index in [2.05, 4.69) is 21.6 Å². The number of carbonyl (C=O) groups is 1. The normalized spacial score (nSPS) is 10.3. The summed E-state index contributed by atoms with van der Waals surface area (Å²) in [4.78, 5) is 12.8. The average molecular weight is 489 g/mol. The Kier molecular flexibility index (Phi) is 8.11. The van der Waals surface area contributed by atoms with E-state index in [0.29, 0.717) is 41.0 Å². The minimum atomic E-state index is -0.320. The van der Waals surface area contributed by atoms with Crippen LogP contribution in [0.25, 0.3) is 0 Å². The number of hydrogen-bond acceptors (Lipinski definition) is 8. The second kappa shape index (κ2) is 11.8. The quantitative estimate of drug-likeness (QED) is 0.181. The summed E-state index contributed by atoms with van der Waals surface area (Å²) in [6, 6.07) is 26.0. The molecule has 1 N–H and O–H groups in total. The van der Waals surface area contributed by atoms with Crippen molar-refractivity contribution in [1.82, 2.24) is 10.2 Å². The van der Waals surface area contributed by atoms with E-state index in [1.807, 2.05) is 48.5 Å². The largest absolute Gasteiger partial charge is 0.490 e. The molecule has 1 aromatic heterocycles. The zero-order valence-electron chi connectivity index (χ0n) is 18.0. The summed E-state index contributed by atoms with van der Waals surface area (Å²) in [6.07, 6.45) is 0. The zero-order valence-corrected chi connectivity index (χ0v) is 19.6. The van der Waals surface area contributed by atoms with E-state index in [9.17, 15) is 4.79 Å². The van der Waals surface area contributed by atoms with Crippen molar-refractivity contribution in [1.29, 1.82) is 5.26 Å². The number of ether oxygens (including phenoxy) is 2. The molecule has 34 heavy (non-hydrogen) atoms. The van der Waals surface area contributed by atoms with E-state index in [1.54, 1.807) is 30.3 Å². The van der Waals surface area contributed by atoms with Crippen molar-refractivity contribution in [2.75, 3.05) is 18.5 Å². The maximum Gasteiger partial charge on any atom is 0.261 e. The van der Waals surface area contributed by atoms with E-state index in [1.165, 1.54) is 23.1 Å². The van der Waals surface area contributed by atoms with Crippen LogP contribution in [0.1, 0.15) is 21.5 Å². The number of para-hydroxylation sites is 2. The van der Waals surface area contributed by atoms with Crippen LogP contribution in [0.4, 0.5) is 5.13 Å². The zero-order chi connectivity index (χ0) is 23.6. The monoisotopic (exact) mass is 488 g/mol. The Hall–Kier alpha value is -3.87. The van der Waals surface area contributed by atoms with Gasteiger partial charge in [-0.25, -0.2) is 0 Å². The number of carbonyl (C=O) groups excluding carboxylic acids is 1. The highest BCUT2D eigenvalue weighted by Gasteiger charge is 2.15. The maximum atomic E-state index is 12.8. The molecule has 0 atom stereocenters. The number of nitriles is 1. The van der Waals surface area contributed by atoms with Crippen molar-refractivity contribution in [3.05, 3.63) is 95.6 Å². The predicted octanol–water partition coefficient (Wildman–Crippen LogP) is 5.41. The number of nitrogens with one attached hydrogen (secondary N) is 1. The number of thioether (sulfide) groups is 1. The lowest BCUT2D eigenvalue weighted by atomic mass is 10.2. The second-order valence-electron chi connectivity index (χ2n) is 6.93. The van der Waals surface area contributed by atoms with Crippen LogP contribution in [0, 0.1) is 11.3 Å². The molecule has 0 saturated heterocycles. The minimum absolute atomic E-state index is 0.300. The van der Waals surface area contributed by atoms with Crippen LogP contribution < -0.4 is 14.8 Å². The van der Waals surface area contributed by atoms with E-state index in [0.717, 1.165) is 15.7 Å². The predicted molar refractivity (Wildman–Crippen MR) is 132 cm³/mol. The van der Waals surface area contributed by atoms with Crippen molar-refractivity contribution in [3.8, 4) is 17.6 Å². The Labute approximate surface area is 205 Å². The molecule has 0 fully saturated rings. The summed E-state index contributed by atoms with van der Waals surface area (Å²) in [5.41, 5.74) is 2.11. The van der Waals surface area contributed by atoms with Crippen molar-refractivity contribution >= 4 is 34.1 Å². The molecule has 0 saturated carbocycles. The number of amides is 1. The molecule has 0 unspecified atom stereocenters. The fraction of sp³-hybridized carbons (Fsp3) is 0.120. The number of aromatic nitrogens is 2. The Bertz CT molecular complexity index is 1270. The highest BCUT2D eigenvalue weighted by atomic mass is 32.2. The Morgan fingerprint density at radius 2 is 1.68 bits per heavy atom. The molecule has 170 valence electrons. The van der Waals surface area contributed by atoms with Crippen LogP contribution in [0.2, 0.25) is 0 Å². The molecule has 0 aliphatic carbocycles. The summed E-state index contributed by atoms with van der Waals surface area (Å²) >= 11 is 2.82. The first-order valence-electron chi connectivity index (χ1n) is 10.4. The van der Waals surface area contributed by atoms with E-state index >= 15 is 0 Å². The molecule has 4 aromatic rings. The van der Waals surface area contributed by atoms with Crippen molar-refractivity contribution in [2.45, 2.75) is 10.1 Å². The van der Waals surface area contributed by atoms with Crippen LogP contribution >= 0.6 is 23.1 Å². The molecular weight excluding hydrogens is 468 g/mol. The van der Waals surface area contributed by atoms with Crippen molar-refractivity contribution in [2.24, 2.45) is 0 Å². The summed E-state index contributed by atoms with van der Waals surface area (Å²) < 4.78 is 12.2. The second-order valence-corrected chi connectivity index (χ2v) is 9.13. The van der Waals surface area contributed by atoms with Gasteiger partial charge in [0.05, 0.1) is 17.2 Å². The first-order valence-corrected chi connectivity index (χ1v) is 12.2. The lowest BCUT2D eigenvalue weighted by molar-refractivity contribution is 0.102. The van der Waals surface area contributed by atoms with Gasteiger partial charge in [-0.05, 0) is 42.0 Å². The molecule has 9 heteroatoms. The van der Waals surface area contributed by atoms with Crippen LogP contribution in [0.5, 0.6) is 11.5 Å². The molecule has 0 aliphatic heterocycles. The molecule has 3 aromatic carbocycles. The van der Waals surface area contributed by atoms with Gasteiger partial charge < -0.3 is 9.47 Å². The molecule has 0 radical (unpaired) electrons. The topological polar surface area (TPSA) is 97.1 Å². The first kappa shape index (κ1) is 23.3. The van der Waals surface area contributed by atoms with Gasteiger partial charge >= 0.3 is 0 Å². The van der Waals surface area contributed by atoms with E-state index in [-0.39, 0.29) is 5.91 Å². The highest BCUT2D eigenvalue weighted by molar-refractivity contribution is 8.00. The molecule has 7 nitrogen and oxygen atoms in total. The molecule has 1 amide bonds. The number of nitrogens with zero attached hydrogens (tertiary/aromatic N) is 3. The fourth-order valence-corrected chi connectivity index (χ4v) is 4.61. The first-order chi connectivity index (χ1) is 16.7. The standard InChI is InChI=1S/C25H20N4O3S2/c26-16-18-10-12-19(13-11-18)17-33-25-29-28-24(34-25)27-23(30)21-8-4-5-9-22(21)32-15-14-31-20-6-2-1-3-7-20/h1-13H,14-15,17H2,(H,27,28,30). The third-order valence-electron chi connectivity index (χ3n) is 4.56. The maximum absolute atomic E-state index is 12.8. The summed E-state index contributed by atoms with van der Waals surface area (Å²) in [5.74, 6) is 1.60.